The molecular formula is C17H28N2O2. The minimum atomic E-state index is -0.808. The molecule has 4 heteroatoms. The maximum Gasteiger partial charge on any atom is 0.239 e. The molecule has 1 aromatic rings. The number of amides is 1. The Bertz CT molecular complexity index is 480. The van der Waals surface area contributed by atoms with Gasteiger partial charge in [0.25, 0.3) is 0 Å². The fraction of sp³-hybridized carbons (Fsp3) is 0.588. The van der Waals surface area contributed by atoms with Crippen molar-refractivity contribution in [3.05, 3.63) is 35.4 Å². The number of nitrogens with zero attached hydrogens (tertiary/aromatic N) is 2. The smallest absolute Gasteiger partial charge is 0.239 e. The first-order valence-electron chi connectivity index (χ1n) is 7.34. The summed E-state index contributed by atoms with van der Waals surface area (Å²) in [7, 11) is 3.69. The number of carbonyl (C=O) groups excluding carboxylic acids is 1. The highest BCUT2D eigenvalue weighted by Gasteiger charge is 2.25. The van der Waals surface area contributed by atoms with Crippen LogP contribution >= 0.6 is 0 Å². The summed E-state index contributed by atoms with van der Waals surface area (Å²) in [5.41, 5.74) is 1.54. The molecule has 21 heavy (non-hydrogen) atoms. The van der Waals surface area contributed by atoms with E-state index in [0.29, 0.717) is 13.1 Å². The third kappa shape index (κ3) is 5.48. The van der Waals surface area contributed by atoms with Crippen LogP contribution in [0.2, 0.25) is 0 Å². The van der Waals surface area contributed by atoms with E-state index >= 15 is 0 Å². The summed E-state index contributed by atoms with van der Waals surface area (Å²) in [5, 5.41) is 9.86. The van der Waals surface area contributed by atoms with Crippen molar-refractivity contribution >= 4 is 5.91 Å². The van der Waals surface area contributed by atoms with Gasteiger partial charge in [-0.15, -0.1) is 0 Å². The molecule has 0 heterocycles. The molecule has 1 rings (SSSR count). The number of hydrogen-bond acceptors (Lipinski definition) is 3. The van der Waals surface area contributed by atoms with Gasteiger partial charge in [0.1, 0.15) is 0 Å². The van der Waals surface area contributed by atoms with Crippen LogP contribution in [0.4, 0.5) is 0 Å². The van der Waals surface area contributed by atoms with Crippen molar-refractivity contribution in [1.29, 1.82) is 0 Å². The summed E-state index contributed by atoms with van der Waals surface area (Å²) in [6, 6.07) is 7.83. The number of likely N-dealkylation sites (N-methyl/N-ethyl adjacent to an activating group) is 2. The lowest BCUT2D eigenvalue weighted by atomic mass is 10.1. The molecule has 0 aromatic heterocycles. The summed E-state index contributed by atoms with van der Waals surface area (Å²) in [4.78, 5) is 16.1. The zero-order chi connectivity index (χ0) is 16.2. The summed E-state index contributed by atoms with van der Waals surface area (Å²) in [5.74, 6) is 0.0602. The van der Waals surface area contributed by atoms with Crippen LogP contribution in [0.25, 0.3) is 0 Å². The zero-order valence-electron chi connectivity index (χ0n) is 14.1. The van der Waals surface area contributed by atoms with Crippen molar-refractivity contribution in [3.63, 3.8) is 0 Å². The number of aliphatic hydroxyl groups is 1. The van der Waals surface area contributed by atoms with Gasteiger partial charge in [0.15, 0.2) is 0 Å². The first-order chi connectivity index (χ1) is 9.61. The summed E-state index contributed by atoms with van der Waals surface area (Å²) < 4.78 is 0. The number of rotatable bonds is 6. The third-order valence-corrected chi connectivity index (χ3v) is 3.70. The molecule has 1 aromatic carbocycles. The molecule has 0 aliphatic rings. The number of hydrogen-bond donors (Lipinski definition) is 1. The SMILES string of the molecule is Cc1ccccc1CN(C)C(=O)C(C)N(C)CC(C)(C)O. The van der Waals surface area contributed by atoms with Gasteiger partial charge in [0.2, 0.25) is 5.91 Å². The van der Waals surface area contributed by atoms with E-state index in [9.17, 15) is 9.90 Å². The van der Waals surface area contributed by atoms with Crippen LogP contribution in [-0.2, 0) is 11.3 Å². The molecule has 1 amide bonds. The Morgan fingerprint density at radius 3 is 2.38 bits per heavy atom. The molecule has 4 nitrogen and oxygen atoms in total. The first kappa shape index (κ1) is 17.7. The molecule has 0 spiro atoms. The maximum absolute atomic E-state index is 12.5. The van der Waals surface area contributed by atoms with Crippen LogP contribution in [0.1, 0.15) is 31.9 Å². The van der Waals surface area contributed by atoms with Gasteiger partial charge in [-0.1, -0.05) is 24.3 Å². The Kier molecular flexibility index (Phi) is 5.93. The van der Waals surface area contributed by atoms with Gasteiger partial charge in [-0.2, -0.15) is 0 Å². The van der Waals surface area contributed by atoms with Gasteiger partial charge in [-0.3, -0.25) is 9.69 Å². The summed E-state index contributed by atoms with van der Waals surface area (Å²) >= 11 is 0. The second-order valence-electron chi connectivity index (χ2n) is 6.52. The van der Waals surface area contributed by atoms with E-state index < -0.39 is 5.60 Å². The van der Waals surface area contributed by atoms with Gasteiger partial charge in [0.05, 0.1) is 11.6 Å². The summed E-state index contributed by atoms with van der Waals surface area (Å²) in [6.45, 7) is 8.49. The van der Waals surface area contributed by atoms with Crippen molar-refractivity contribution in [1.82, 2.24) is 9.80 Å². The molecule has 0 saturated heterocycles. The lowest BCUT2D eigenvalue weighted by molar-refractivity contribution is -0.136. The molecule has 0 aliphatic heterocycles. The Morgan fingerprint density at radius 1 is 1.29 bits per heavy atom. The second-order valence-corrected chi connectivity index (χ2v) is 6.52. The quantitative estimate of drug-likeness (QED) is 0.872. The highest BCUT2D eigenvalue weighted by atomic mass is 16.3. The maximum atomic E-state index is 12.5. The van der Waals surface area contributed by atoms with Crippen molar-refractivity contribution in [3.8, 4) is 0 Å². The minimum Gasteiger partial charge on any atom is -0.389 e. The molecule has 0 bridgehead atoms. The Balaban J connectivity index is 2.67. The largest absolute Gasteiger partial charge is 0.389 e. The van der Waals surface area contributed by atoms with E-state index in [1.807, 2.05) is 44.1 Å². The van der Waals surface area contributed by atoms with E-state index in [4.69, 9.17) is 0 Å². The molecular weight excluding hydrogens is 264 g/mol. The van der Waals surface area contributed by atoms with E-state index in [2.05, 4.69) is 13.0 Å². The highest BCUT2D eigenvalue weighted by Crippen LogP contribution is 2.12. The van der Waals surface area contributed by atoms with Gasteiger partial charge >= 0.3 is 0 Å². The van der Waals surface area contributed by atoms with Gasteiger partial charge < -0.3 is 10.0 Å². The second kappa shape index (κ2) is 7.05. The minimum absolute atomic E-state index is 0.0602. The Morgan fingerprint density at radius 2 is 1.86 bits per heavy atom. The molecule has 0 radical (unpaired) electrons. The fourth-order valence-corrected chi connectivity index (χ4v) is 2.38. The Labute approximate surface area is 128 Å². The lowest BCUT2D eigenvalue weighted by Crippen LogP contribution is -2.48. The predicted molar refractivity (Wildman–Crippen MR) is 86.0 cm³/mol. The highest BCUT2D eigenvalue weighted by molar-refractivity contribution is 5.81. The van der Waals surface area contributed by atoms with Crippen molar-refractivity contribution in [2.75, 3.05) is 20.6 Å². The predicted octanol–water partition coefficient (Wildman–Crippen LogP) is 2.04. The number of aryl methyl sites for hydroxylation is 1. The van der Waals surface area contributed by atoms with Gasteiger partial charge in [-0.25, -0.2) is 0 Å². The molecule has 0 aliphatic carbocycles. The Hall–Kier alpha value is -1.39. The fourth-order valence-electron chi connectivity index (χ4n) is 2.38. The van der Waals surface area contributed by atoms with Crippen LogP contribution in [-0.4, -0.2) is 53.1 Å². The van der Waals surface area contributed by atoms with E-state index in [1.165, 1.54) is 5.56 Å². The van der Waals surface area contributed by atoms with E-state index in [0.717, 1.165) is 5.56 Å². The number of carbonyl (C=O) groups is 1. The normalized spacial score (nSPS) is 13.3. The van der Waals surface area contributed by atoms with Crippen LogP contribution in [0.5, 0.6) is 0 Å². The zero-order valence-corrected chi connectivity index (χ0v) is 14.1. The topological polar surface area (TPSA) is 43.8 Å². The molecule has 0 saturated carbocycles. The summed E-state index contributed by atoms with van der Waals surface area (Å²) in [6.07, 6.45) is 0. The van der Waals surface area contributed by atoms with Crippen LogP contribution in [0, 0.1) is 6.92 Å². The molecule has 0 fully saturated rings. The van der Waals surface area contributed by atoms with Crippen molar-refractivity contribution < 1.29 is 9.90 Å². The molecule has 118 valence electrons. The molecule has 1 N–H and O–H groups in total. The van der Waals surface area contributed by atoms with Crippen LogP contribution in [0.3, 0.4) is 0 Å². The third-order valence-electron chi connectivity index (χ3n) is 3.70. The number of benzene rings is 1. The molecule has 1 atom stereocenters. The van der Waals surface area contributed by atoms with Crippen LogP contribution < -0.4 is 0 Å². The first-order valence-corrected chi connectivity index (χ1v) is 7.34. The molecule has 1 unspecified atom stereocenters. The van der Waals surface area contributed by atoms with Gasteiger partial charge in [0, 0.05) is 20.1 Å². The van der Waals surface area contributed by atoms with E-state index in [-0.39, 0.29) is 11.9 Å². The van der Waals surface area contributed by atoms with E-state index in [1.54, 1.807) is 18.7 Å². The standard InChI is InChI=1S/C17H28N2O2/c1-13-9-7-8-10-15(13)11-18(5)16(20)14(2)19(6)12-17(3,4)21/h7-10,14,21H,11-12H2,1-6H3. The van der Waals surface area contributed by atoms with Crippen molar-refractivity contribution in [2.45, 2.75) is 45.9 Å². The van der Waals surface area contributed by atoms with Crippen LogP contribution in [0.15, 0.2) is 24.3 Å². The monoisotopic (exact) mass is 292 g/mol. The van der Waals surface area contributed by atoms with Crippen molar-refractivity contribution in [2.24, 2.45) is 0 Å². The average molecular weight is 292 g/mol. The average Bonchev–Trinajstić information content (AvgIpc) is 2.37. The van der Waals surface area contributed by atoms with Gasteiger partial charge in [-0.05, 0) is 45.9 Å². The lowest BCUT2D eigenvalue weighted by Gasteiger charge is -2.32.